The highest BCUT2D eigenvalue weighted by Crippen LogP contribution is 2.57. The van der Waals surface area contributed by atoms with E-state index >= 15 is 9.59 Å². The highest BCUT2D eigenvalue weighted by atomic mass is 16.1. The van der Waals surface area contributed by atoms with E-state index in [1.54, 1.807) is 0 Å². The standard InChI is InChI=1S/C86H70N4O2/c1-55-19-35-65(36-20-55)87(66-37-21-56(2)22-38-66)77-53-79(89(69-43-27-59(5)28-44-69)70-45-29-60(6)30-46-70)81-76(86(92)64-17-13-10-14-18-64)52-74-78(88(67-39-23-57(3)24-40-67)68-41-25-58(4)26-42-68)54-80(90(71-47-31-61(7)32-48-71)72-49-33-62(8)34-50-72)82-75(51-73(77)83(81)84(74)82)85(91)63-15-11-9-12-16-63/h9-54H,1-8H3. The van der Waals surface area contributed by atoms with Crippen LogP contribution in [-0.2, 0) is 0 Å². The van der Waals surface area contributed by atoms with Gasteiger partial charge in [0.2, 0.25) is 0 Å². The van der Waals surface area contributed by atoms with Crippen LogP contribution in [-0.4, -0.2) is 11.6 Å². The Labute approximate surface area is 539 Å². The van der Waals surface area contributed by atoms with Gasteiger partial charge in [0.1, 0.15) is 0 Å². The average Bonchev–Trinajstić information content (AvgIpc) is 0.687. The Morgan fingerprint density at radius 2 is 0.413 bits per heavy atom. The van der Waals surface area contributed by atoms with Crippen molar-refractivity contribution in [2.75, 3.05) is 19.6 Å². The van der Waals surface area contributed by atoms with Gasteiger partial charge < -0.3 is 19.6 Å². The molecular weight excluding hydrogens is 1120 g/mol. The van der Waals surface area contributed by atoms with Gasteiger partial charge in [-0.25, -0.2) is 0 Å². The molecule has 0 N–H and O–H groups in total. The number of carbonyl (C=O) groups excluding carboxylic acids is 2. The first kappa shape index (κ1) is 58.3. The summed E-state index contributed by atoms with van der Waals surface area (Å²) in [5.74, 6) is -0.280. The summed E-state index contributed by atoms with van der Waals surface area (Å²) >= 11 is 0. The number of hydrogen-bond acceptors (Lipinski definition) is 6. The topological polar surface area (TPSA) is 47.1 Å². The van der Waals surface area contributed by atoms with Crippen LogP contribution >= 0.6 is 0 Å². The van der Waals surface area contributed by atoms with Crippen LogP contribution in [0.1, 0.15) is 76.4 Å². The summed E-state index contributed by atoms with van der Waals surface area (Å²) in [4.78, 5) is 42.8. The predicted octanol–water partition coefficient (Wildman–Crippen LogP) is 23.4. The largest absolute Gasteiger partial charge is 0.310 e. The van der Waals surface area contributed by atoms with Crippen LogP contribution in [0.2, 0.25) is 0 Å². The van der Waals surface area contributed by atoms with Crippen molar-refractivity contribution in [3.8, 4) is 0 Å². The Hall–Kier alpha value is -11.3. The minimum absolute atomic E-state index is 0.140. The molecule has 0 atom stereocenters. The minimum atomic E-state index is -0.140. The zero-order chi connectivity index (χ0) is 63.3. The molecule has 0 aliphatic heterocycles. The van der Waals surface area contributed by atoms with Gasteiger partial charge in [0.15, 0.2) is 11.6 Å². The minimum Gasteiger partial charge on any atom is -0.310 e. The van der Waals surface area contributed by atoms with Gasteiger partial charge in [-0.2, -0.15) is 0 Å². The summed E-state index contributed by atoms with van der Waals surface area (Å²) < 4.78 is 0. The van der Waals surface area contributed by atoms with E-state index < -0.39 is 0 Å². The van der Waals surface area contributed by atoms with Gasteiger partial charge in [-0.1, -0.05) is 202 Å². The monoisotopic (exact) mass is 1190 g/mol. The highest BCUT2D eigenvalue weighted by Gasteiger charge is 2.35. The maximum Gasteiger partial charge on any atom is 0.193 e. The van der Waals surface area contributed by atoms with Crippen LogP contribution < -0.4 is 19.6 Å². The van der Waals surface area contributed by atoms with Crippen molar-refractivity contribution in [3.63, 3.8) is 0 Å². The number of nitrogens with zero attached hydrogens (tertiary/aromatic N) is 4. The fourth-order valence-corrected chi connectivity index (χ4v) is 13.0. The van der Waals surface area contributed by atoms with E-state index in [9.17, 15) is 0 Å². The molecule has 0 saturated carbocycles. The molecule has 0 amide bonds. The molecule has 0 aliphatic rings. The maximum absolute atomic E-state index is 16.7. The van der Waals surface area contributed by atoms with Gasteiger partial charge in [-0.05, 0) is 177 Å². The van der Waals surface area contributed by atoms with Gasteiger partial charge in [-0.15, -0.1) is 0 Å². The lowest BCUT2D eigenvalue weighted by Gasteiger charge is -2.35. The Bertz CT molecular complexity index is 4520. The lowest BCUT2D eigenvalue weighted by Crippen LogP contribution is -2.18. The molecule has 14 rings (SSSR count). The number of carbonyl (C=O) groups is 2. The van der Waals surface area contributed by atoms with Crippen LogP contribution in [0, 0.1) is 55.4 Å². The summed E-state index contributed by atoms with van der Waals surface area (Å²) in [5, 5.41) is 4.70. The Morgan fingerprint density at radius 1 is 0.217 bits per heavy atom. The van der Waals surface area contributed by atoms with Crippen LogP contribution in [0.4, 0.5) is 68.2 Å². The molecule has 0 aliphatic carbocycles. The lowest BCUT2D eigenvalue weighted by atomic mass is 9.82. The number of benzene rings is 14. The molecule has 0 aromatic heterocycles. The Kier molecular flexibility index (Phi) is 15.4. The van der Waals surface area contributed by atoms with Crippen LogP contribution in [0.15, 0.2) is 279 Å². The van der Waals surface area contributed by atoms with Crippen molar-refractivity contribution in [1.82, 2.24) is 0 Å². The lowest BCUT2D eigenvalue weighted by molar-refractivity contribution is 0.103. The van der Waals surface area contributed by atoms with E-state index in [2.05, 4.69) is 293 Å². The third-order valence-corrected chi connectivity index (χ3v) is 17.9. The summed E-state index contributed by atoms with van der Waals surface area (Å²) in [6, 6.07) is 97.7. The van der Waals surface area contributed by atoms with E-state index in [0.29, 0.717) is 22.3 Å². The fraction of sp³-hybridized carbons (Fsp3) is 0.0930. The van der Waals surface area contributed by atoms with Gasteiger partial charge in [-0.3, -0.25) is 9.59 Å². The van der Waals surface area contributed by atoms with Gasteiger partial charge in [0.05, 0.1) is 22.7 Å². The van der Waals surface area contributed by atoms with E-state index in [1.807, 2.05) is 60.7 Å². The summed E-state index contributed by atoms with van der Waals surface area (Å²) in [6.07, 6.45) is 0. The molecule has 0 unspecified atom stereocenters. The molecule has 0 bridgehead atoms. The van der Waals surface area contributed by atoms with Crippen LogP contribution in [0.5, 0.6) is 0 Å². The fourth-order valence-electron chi connectivity index (χ4n) is 13.0. The second-order valence-electron chi connectivity index (χ2n) is 24.7. The van der Waals surface area contributed by atoms with E-state index in [-0.39, 0.29) is 11.6 Å². The molecule has 6 nitrogen and oxygen atoms in total. The quantitative estimate of drug-likeness (QED) is 0.0710. The average molecular weight is 1190 g/mol. The molecule has 92 heavy (non-hydrogen) atoms. The first-order chi connectivity index (χ1) is 44.7. The normalized spacial score (nSPS) is 11.3. The van der Waals surface area contributed by atoms with Gasteiger partial charge in [0, 0.05) is 100 Å². The van der Waals surface area contributed by atoms with Crippen molar-refractivity contribution >= 4 is 112 Å². The summed E-state index contributed by atoms with van der Waals surface area (Å²) in [5.41, 5.74) is 21.6. The highest BCUT2D eigenvalue weighted by molar-refractivity contribution is 6.40. The van der Waals surface area contributed by atoms with Crippen molar-refractivity contribution in [3.05, 3.63) is 346 Å². The molecule has 0 spiro atoms. The zero-order valence-electron chi connectivity index (χ0n) is 53.2. The Balaban J connectivity index is 1.30. The third-order valence-electron chi connectivity index (χ3n) is 17.9. The first-order valence-corrected chi connectivity index (χ1v) is 31.5. The smallest absolute Gasteiger partial charge is 0.193 e. The van der Waals surface area contributed by atoms with Crippen molar-refractivity contribution in [2.45, 2.75) is 55.4 Å². The molecule has 0 saturated heterocycles. The number of hydrogen-bond donors (Lipinski definition) is 0. The van der Waals surface area contributed by atoms with E-state index in [4.69, 9.17) is 0 Å². The van der Waals surface area contributed by atoms with Crippen molar-refractivity contribution in [1.29, 1.82) is 0 Å². The number of rotatable bonds is 16. The molecule has 446 valence electrons. The molecule has 14 aromatic carbocycles. The predicted molar refractivity (Wildman–Crippen MR) is 387 cm³/mol. The van der Waals surface area contributed by atoms with Crippen molar-refractivity contribution < 1.29 is 9.59 Å². The van der Waals surface area contributed by atoms with Gasteiger partial charge >= 0.3 is 0 Å². The Morgan fingerprint density at radius 3 is 0.620 bits per heavy atom. The number of ketones is 2. The third kappa shape index (κ3) is 10.9. The molecular formula is C86H70N4O2. The zero-order valence-corrected chi connectivity index (χ0v) is 53.2. The molecule has 0 radical (unpaired) electrons. The summed E-state index contributed by atoms with van der Waals surface area (Å²) in [7, 11) is 0. The summed E-state index contributed by atoms with van der Waals surface area (Å²) in [6.45, 7) is 16.9. The van der Waals surface area contributed by atoms with E-state index in [1.165, 1.54) is 0 Å². The molecule has 14 aromatic rings. The molecule has 0 heterocycles. The number of aryl methyl sites for hydroxylation is 8. The molecule has 6 heteroatoms. The SMILES string of the molecule is Cc1ccc(N(c2ccc(C)cc2)c2cc(N(c3ccc(C)cc3)c3ccc(C)cc3)c3c(C(=O)c4ccccc4)cc4c(N(c5ccc(C)cc5)c5ccc(C)cc5)cc(N(c5ccc(C)cc5)c5ccc(C)cc5)c5c(C(=O)c6ccccc6)cc2c3c45)cc1. The van der Waals surface area contributed by atoms with E-state index in [0.717, 1.165) is 145 Å². The number of anilines is 12. The van der Waals surface area contributed by atoms with Crippen LogP contribution in [0.25, 0.3) is 32.3 Å². The van der Waals surface area contributed by atoms with Crippen LogP contribution in [0.3, 0.4) is 0 Å². The second-order valence-corrected chi connectivity index (χ2v) is 24.7. The second kappa shape index (κ2) is 24.2. The first-order valence-electron chi connectivity index (χ1n) is 31.5. The maximum atomic E-state index is 16.7. The van der Waals surface area contributed by atoms with Gasteiger partial charge in [0.25, 0.3) is 0 Å². The molecule has 0 fully saturated rings. The van der Waals surface area contributed by atoms with Crippen molar-refractivity contribution in [2.24, 2.45) is 0 Å².